The van der Waals surface area contributed by atoms with Gasteiger partial charge in [0.05, 0.1) is 16.9 Å². The number of halogens is 2. The second kappa shape index (κ2) is 9.56. The second-order valence-corrected chi connectivity index (χ2v) is 7.06. The van der Waals surface area contributed by atoms with E-state index >= 15 is 0 Å². The summed E-state index contributed by atoms with van der Waals surface area (Å²) in [5.41, 5.74) is 1.07. The summed E-state index contributed by atoms with van der Waals surface area (Å²) in [7, 11) is 0. The number of hydrogen-bond acceptors (Lipinski definition) is 4. The van der Waals surface area contributed by atoms with Crippen LogP contribution in [-0.4, -0.2) is 41.0 Å². The Labute approximate surface area is 173 Å². The first-order valence-corrected chi connectivity index (χ1v) is 9.76. The summed E-state index contributed by atoms with van der Waals surface area (Å²) >= 11 is 5.74. The van der Waals surface area contributed by atoms with Gasteiger partial charge < -0.3 is 20.3 Å². The number of carbonyl (C=O) groups excluding carboxylic acids is 2. The summed E-state index contributed by atoms with van der Waals surface area (Å²) in [5.74, 6) is -0.130. The summed E-state index contributed by atoms with van der Waals surface area (Å²) in [4.78, 5) is 29.6. The van der Waals surface area contributed by atoms with E-state index in [1.807, 2.05) is 0 Å². The van der Waals surface area contributed by atoms with E-state index in [0.29, 0.717) is 49.6 Å². The third-order valence-corrected chi connectivity index (χ3v) is 4.82. The summed E-state index contributed by atoms with van der Waals surface area (Å²) in [6.45, 7) is 2.83. The minimum absolute atomic E-state index is 0.0392. The monoisotopic (exact) mass is 420 g/mol. The molecule has 1 aliphatic heterocycles. The van der Waals surface area contributed by atoms with Crippen molar-refractivity contribution in [1.29, 1.82) is 0 Å². The first-order chi connectivity index (χ1) is 13.9. The van der Waals surface area contributed by atoms with Gasteiger partial charge in [-0.3, -0.25) is 4.79 Å². The molecular formula is C20H22ClFN4O3. The standard InChI is InChI=1S/C20H22ClFN4O3/c1-2-18(27)24-14-4-6-19(23-12-14)29-15-7-9-26(10-8-15)20(28)25-13-3-5-17(22)16(21)11-13/h3-6,11-12,15H,2,7-10H2,1H3,(H,24,27)(H,25,28). The number of rotatable bonds is 5. The maximum Gasteiger partial charge on any atom is 0.321 e. The fourth-order valence-electron chi connectivity index (χ4n) is 2.90. The number of ether oxygens (including phenoxy) is 1. The molecule has 1 saturated heterocycles. The van der Waals surface area contributed by atoms with Gasteiger partial charge in [0.25, 0.3) is 0 Å². The molecule has 0 spiro atoms. The van der Waals surface area contributed by atoms with Crippen LogP contribution in [0.4, 0.5) is 20.6 Å². The Balaban J connectivity index is 1.46. The van der Waals surface area contributed by atoms with Crippen LogP contribution in [0.15, 0.2) is 36.5 Å². The molecule has 1 fully saturated rings. The molecule has 2 heterocycles. The molecule has 3 rings (SSSR count). The zero-order chi connectivity index (χ0) is 20.8. The highest BCUT2D eigenvalue weighted by Crippen LogP contribution is 2.22. The molecule has 2 aromatic rings. The predicted octanol–water partition coefficient (Wildman–Crippen LogP) is 4.30. The number of likely N-dealkylation sites (tertiary alicyclic amines) is 1. The van der Waals surface area contributed by atoms with Crippen molar-refractivity contribution in [3.05, 3.63) is 47.4 Å². The lowest BCUT2D eigenvalue weighted by Crippen LogP contribution is -2.43. The van der Waals surface area contributed by atoms with Crippen molar-refractivity contribution in [2.45, 2.75) is 32.3 Å². The van der Waals surface area contributed by atoms with Crippen LogP contribution in [-0.2, 0) is 4.79 Å². The highest BCUT2D eigenvalue weighted by atomic mass is 35.5. The molecule has 0 radical (unpaired) electrons. The quantitative estimate of drug-likeness (QED) is 0.755. The van der Waals surface area contributed by atoms with Gasteiger partial charge in [-0.2, -0.15) is 0 Å². The number of benzene rings is 1. The fourth-order valence-corrected chi connectivity index (χ4v) is 3.08. The molecule has 1 aromatic carbocycles. The van der Waals surface area contributed by atoms with E-state index in [4.69, 9.17) is 16.3 Å². The summed E-state index contributed by atoms with van der Waals surface area (Å²) in [6.07, 6.45) is 3.22. The normalized spacial score (nSPS) is 14.4. The number of amides is 3. The number of anilines is 2. The number of carbonyl (C=O) groups is 2. The lowest BCUT2D eigenvalue weighted by Gasteiger charge is -2.32. The van der Waals surface area contributed by atoms with Crippen LogP contribution in [0.25, 0.3) is 0 Å². The van der Waals surface area contributed by atoms with Gasteiger partial charge in [0.2, 0.25) is 11.8 Å². The molecule has 0 aliphatic carbocycles. The molecule has 29 heavy (non-hydrogen) atoms. The fraction of sp³-hybridized carbons (Fsp3) is 0.350. The van der Waals surface area contributed by atoms with Crippen molar-refractivity contribution in [2.75, 3.05) is 23.7 Å². The minimum atomic E-state index is -0.531. The summed E-state index contributed by atoms with van der Waals surface area (Å²) in [5, 5.41) is 5.41. The number of hydrogen-bond donors (Lipinski definition) is 2. The number of aromatic nitrogens is 1. The van der Waals surface area contributed by atoms with Crippen LogP contribution in [0.5, 0.6) is 5.88 Å². The van der Waals surface area contributed by atoms with Crippen molar-refractivity contribution in [3.8, 4) is 5.88 Å². The largest absolute Gasteiger partial charge is 0.474 e. The van der Waals surface area contributed by atoms with E-state index in [1.54, 1.807) is 30.2 Å². The van der Waals surface area contributed by atoms with E-state index in [0.717, 1.165) is 0 Å². The van der Waals surface area contributed by atoms with Crippen molar-refractivity contribution >= 4 is 34.9 Å². The van der Waals surface area contributed by atoms with E-state index in [1.165, 1.54) is 18.2 Å². The van der Waals surface area contributed by atoms with Gasteiger partial charge >= 0.3 is 6.03 Å². The lowest BCUT2D eigenvalue weighted by molar-refractivity contribution is -0.115. The van der Waals surface area contributed by atoms with Crippen LogP contribution < -0.4 is 15.4 Å². The third kappa shape index (κ3) is 5.80. The smallest absolute Gasteiger partial charge is 0.321 e. The van der Waals surface area contributed by atoms with Crippen molar-refractivity contribution in [2.24, 2.45) is 0 Å². The molecule has 2 N–H and O–H groups in total. The average Bonchev–Trinajstić information content (AvgIpc) is 2.72. The Hall–Kier alpha value is -2.87. The molecule has 0 saturated carbocycles. The van der Waals surface area contributed by atoms with Gasteiger partial charge in [-0.1, -0.05) is 18.5 Å². The van der Waals surface area contributed by atoms with E-state index in [9.17, 15) is 14.0 Å². The maximum atomic E-state index is 13.2. The summed E-state index contributed by atoms with van der Waals surface area (Å²) in [6, 6.07) is 7.25. The first-order valence-electron chi connectivity index (χ1n) is 9.38. The van der Waals surface area contributed by atoms with Crippen molar-refractivity contribution in [1.82, 2.24) is 9.88 Å². The minimum Gasteiger partial charge on any atom is -0.474 e. The highest BCUT2D eigenvalue weighted by Gasteiger charge is 2.24. The number of urea groups is 1. The van der Waals surface area contributed by atoms with Gasteiger partial charge in [-0.25, -0.2) is 14.2 Å². The predicted molar refractivity (Wildman–Crippen MR) is 109 cm³/mol. The van der Waals surface area contributed by atoms with Crippen LogP contribution >= 0.6 is 11.6 Å². The highest BCUT2D eigenvalue weighted by molar-refractivity contribution is 6.31. The van der Waals surface area contributed by atoms with E-state index in [2.05, 4.69) is 15.6 Å². The topological polar surface area (TPSA) is 83.6 Å². The van der Waals surface area contributed by atoms with Crippen LogP contribution in [0.2, 0.25) is 5.02 Å². The molecule has 0 unspecified atom stereocenters. The van der Waals surface area contributed by atoms with Crippen LogP contribution in [0, 0.1) is 5.82 Å². The SMILES string of the molecule is CCC(=O)Nc1ccc(OC2CCN(C(=O)Nc3ccc(F)c(Cl)c3)CC2)nc1. The molecule has 0 bridgehead atoms. The molecule has 1 aliphatic rings. The zero-order valence-electron chi connectivity index (χ0n) is 16.0. The van der Waals surface area contributed by atoms with Gasteiger partial charge in [0, 0.05) is 44.1 Å². The van der Waals surface area contributed by atoms with Gasteiger partial charge in [0.15, 0.2) is 0 Å². The average molecular weight is 421 g/mol. The van der Waals surface area contributed by atoms with E-state index in [-0.39, 0.29) is 23.1 Å². The second-order valence-electron chi connectivity index (χ2n) is 6.65. The molecular weight excluding hydrogens is 399 g/mol. The van der Waals surface area contributed by atoms with Gasteiger partial charge in [-0.05, 0) is 24.3 Å². The molecule has 3 amide bonds. The first kappa shape index (κ1) is 20.9. The lowest BCUT2D eigenvalue weighted by atomic mass is 10.1. The number of piperidine rings is 1. The Kier molecular flexibility index (Phi) is 6.87. The summed E-state index contributed by atoms with van der Waals surface area (Å²) < 4.78 is 19.1. The number of nitrogens with zero attached hydrogens (tertiary/aromatic N) is 2. The number of pyridine rings is 1. The number of nitrogens with one attached hydrogen (secondary N) is 2. The Morgan fingerprint density at radius 3 is 2.55 bits per heavy atom. The van der Waals surface area contributed by atoms with Crippen LogP contribution in [0.1, 0.15) is 26.2 Å². The van der Waals surface area contributed by atoms with E-state index < -0.39 is 5.82 Å². The molecule has 1 aromatic heterocycles. The Bertz CT molecular complexity index is 871. The van der Waals surface area contributed by atoms with Crippen molar-refractivity contribution < 1.29 is 18.7 Å². The third-order valence-electron chi connectivity index (χ3n) is 4.53. The molecule has 0 atom stereocenters. The molecule has 9 heteroatoms. The molecule has 154 valence electrons. The van der Waals surface area contributed by atoms with Gasteiger partial charge in [-0.15, -0.1) is 0 Å². The zero-order valence-corrected chi connectivity index (χ0v) is 16.7. The Morgan fingerprint density at radius 1 is 1.21 bits per heavy atom. The maximum absolute atomic E-state index is 13.2. The van der Waals surface area contributed by atoms with Gasteiger partial charge in [0.1, 0.15) is 11.9 Å². The Morgan fingerprint density at radius 2 is 1.93 bits per heavy atom. The van der Waals surface area contributed by atoms with Crippen LogP contribution in [0.3, 0.4) is 0 Å². The molecule has 7 nitrogen and oxygen atoms in total. The van der Waals surface area contributed by atoms with Crippen molar-refractivity contribution in [3.63, 3.8) is 0 Å².